The summed E-state index contributed by atoms with van der Waals surface area (Å²) in [4.78, 5) is 11.3. The van der Waals surface area contributed by atoms with E-state index in [4.69, 9.17) is 0 Å². The number of aliphatic hydroxyl groups excluding tert-OH is 1. The zero-order valence-corrected chi connectivity index (χ0v) is 9.09. The molecule has 0 radical (unpaired) electrons. The van der Waals surface area contributed by atoms with E-state index >= 15 is 0 Å². The molecular formula is C10H16F2O3. The van der Waals surface area contributed by atoms with E-state index in [0.29, 0.717) is 0 Å². The maximum Gasteiger partial charge on any atom is 0.313 e. The zero-order valence-electron chi connectivity index (χ0n) is 9.09. The molecule has 1 aliphatic carbocycles. The van der Waals surface area contributed by atoms with E-state index in [1.54, 1.807) is 0 Å². The number of carbonyl (C=O) groups excluding carboxylic acids is 1. The van der Waals surface area contributed by atoms with Gasteiger partial charge < -0.3 is 9.84 Å². The van der Waals surface area contributed by atoms with Crippen LogP contribution in [0.4, 0.5) is 8.78 Å². The molecule has 0 heterocycles. The van der Waals surface area contributed by atoms with Gasteiger partial charge in [-0.05, 0) is 19.8 Å². The predicted octanol–water partition coefficient (Wildman–Crippen LogP) is 1.59. The van der Waals surface area contributed by atoms with Crippen molar-refractivity contribution in [1.82, 2.24) is 0 Å². The molecule has 3 nitrogen and oxygen atoms in total. The van der Waals surface area contributed by atoms with Crippen LogP contribution in [0.2, 0.25) is 0 Å². The molecule has 1 rings (SSSR count). The maximum absolute atomic E-state index is 12.6. The molecule has 0 amide bonds. The number of aliphatic hydroxyl groups is 1. The Morgan fingerprint density at radius 3 is 2.33 bits per heavy atom. The third-order valence-corrected chi connectivity index (χ3v) is 3.02. The van der Waals surface area contributed by atoms with Crippen LogP contribution < -0.4 is 0 Å². The minimum absolute atomic E-state index is 0.353. The van der Waals surface area contributed by atoms with E-state index in [-0.39, 0.29) is 12.8 Å². The van der Waals surface area contributed by atoms with E-state index < -0.39 is 29.3 Å². The largest absolute Gasteiger partial charge is 0.469 e. The quantitative estimate of drug-likeness (QED) is 0.738. The fraction of sp³-hybridized carbons (Fsp3) is 0.900. The Kier molecular flexibility index (Phi) is 3.05. The summed E-state index contributed by atoms with van der Waals surface area (Å²) in [7, 11) is 1.21. The van der Waals surface area contributed by atoms with Crippen molar-refractivity contribution in [3.05, 3.63) is 0 Å². The molecule has 0 saturated heterocycles. The highest BCUT2D eigenvalue weighted by Gasteiger charge is 2.53. The highest BCUT2D eigenvalue weighted by atomic mass is 19.3. The second-order valence-corrected chi connectivity index (χ2v) is 4.68. The third-order valence-electron chi connectivity index (χ3n) is 3.02. The molecule has 1 unspecified atom stereocenters. The van der Waals surface area contributed by atoms with Crippen molar-refractivity contribution in [2.75, 3.05) is 7.11 Å². The van der Waals surface area contributed by atoms with Crippen molar-refractivity contribution < 1.29 is 23.4 Å². The van der Waals surface area contributed by atoms with Crippen molar-refractivity contribution in [3.63, 3.8) is 0 Å². The molecule has 0 aromatic heterocycles. The van der Waals surface area contributed by atoms with Gasteiger partial charge >= 0.3 is 5.97 Å². The van der Waals surface area contributed by atoms with Crippen LogP contribution in [-0.4, -0.2) is 30.2 Å². The number of esters is 1. The van der Waals surface area contributed by atoms with Gasteiger partial charge in [-0.3, -0.25) is 4.79 Å². The summed E-state index contributed by atoms with van der Waals surface area (Å²) in [5, 5.41) is 9.80. The smallest absolute Gasteiger partial charge is 0.313 e. The molecule has 1 N–H and O–H groups in total. The van der Waals surface area contributed by atoms with Crippen molar-refractivity contribution in [2.24, 2.45) is 11.3 Å². The van der Waals surface area contributed by atoms with Gasteiger partial charge in [-0.15, -0.1) is 0 Å². The van der Waals surface area contributed by atoms with Gasteiger partial charge in [0.1, 0.15) is 0 Å². The summed E-state index contributed by atoms with van der Waals surface area (Å²) in [6, 6.07) is 0. The van der Waals surface area contributed by atoms with E-state index in [0.717, 1.165) is 0 Å². The summed E-state index contributed by atoms with van der Waals surface area (Å²) in [6.07, 6.45) is -1.78. The topological polar surface area (TPSA) is 46.5 Å². The molecule has 1 fully saturated rings. The summed E-state index contributed by atoms with van der Waals surface area (Å²) in [5.74, 6) is -3.78. The van der Waals surface area contributed by atoms with Crippen molar-refractivity contribution >= 4 is 5.97 Å². The summed E-state index contributed by atoms with van der Waals surface area (Å²) >= 11 is 0. The highest BCUT2D eigenvalue weighted by molar-refractivity contribution is 5.76. The van der Waals surface area contributed by atoms with Crippen molar-refractivity contribution in [3.8, 4) is 0 Å². The molecular weight excluding hydrogens is 206 g/mol. The van der Waals surface area contributed by atoms with Crippen LogP contribution in [0.25, 0.3) is 0 Å². The van der Waals surface area contributed by atoms with Crippen LogP contribution in [0.5, 0.6) is 0 Å². The second-order valence-electron chi connectivity index (χ2n) is 4.68. The maximum atomic E-state index is 12.6. The van der Waals surface area contributed by atoms with Crippen molar-refractivity contribution in [2.45, 2.75) is 38.7 Å². The van der Waals surface area contributed by atoms with Crippen LogP contribution in [0.1, 0.15) is 26.7 Å². The van der Waals surface area contributed by atoms with Gasteiger partial charge in [-0.25, -0.2) is 8.78 Å². The van der Waals surface area contributed by atoms with Gasteiger partial charge in [0.2, 0.25) is 5.92 Å². The van der Waals surface area contributed by atoms with Gasteiger partial charge in [0, 0.05) is 12.8 Å². The lowest BCUT2D eigenvalue weighted by Crippen LogP contribution is -2.50. The minimum Gasteiger partial charge on any atom is -0.469 e. The fourth-order valence-electron chi connectivity index (χ4n) is 1.90. The van der Waals surface area contributed by atoms with E-state index in [1.807, 2.05) is 0 Å². The molecule has 5 heteroatoms. The summed E-state index contributed by atoms with van der Waals surface area (Å²) in [6.45, 7) is 3.00. The Balaban J connectivity index is 2.61. The van der Waals surface area contributed by atoms with Crippen LogP contribution >= 0.6 is 0 Å². The zero-order chi connectivity index (χ0) is 11.9. The van der Waals surface area contributed by atoms with Crippen LogP contribution in [0.3, 0.4) is 0 Å². The fourth-order valence-corrected chi connectivity index (χ4v) is 1.90. The van der Waals surface area contributed by atoms with Gasteiger partial charge in [0.25, 0.3) is 0 Å². The monoisotopic (exact) mass is 222 g/mol. The first-order chi connectivity index (χ1) is 6.70. The number of ether oxygens (including phenoxy) is 1. The number of rotatable bonds is 3. The first-order valence-electron chi connectivity index (χ1n) is 4.85. The normalized spacial score (nSPS) is 23.1. The number of carbonyl (C=O) groups is 1. The lowest BCUT2D eigenvalue weighted by atomic mass is 9.69. The first kappa shape index (κ1) is 12.4. The van der Waals surface area contributed by atoms with Gasteiger partial charge in [-0.1, -0.05) is 0 Å². The SMILES string of the molecule is COC(=O)C(C)(C)C(O)C1CC(F)(F)C1. The Bertz CT molecular complexity index is 255. The van der Waals surface area contributed by atoms with Crippen LogP contribution in [0, 0.1) is 11.3 Å². The molecule has 0 spiro atoms. The van der Waals surface area contributed by atoms with E-state index in [2.05, 4.69) is 4.74 Å². The summed E-state index contributed by atoms with van der Waals surface area (Å²) < 4.78 is 29.7. The lowest BCUT2D eigenvalue weighted by Gasteiger charge is -2.42. The number of halogens is 2. The summed E-state index contributed by atoms with van der Waals surface area (Å²) in [5.41, 5.74) is -1.13. The Labute approximate surface area is 87.4 Å². The van der Waals surface area contributed by atoms with E-state index in [1.165, 1.54) is 21.0 Å². The number of hydrogen-bond donors (Lipinski definition) is 1. The minimum atomic E-state index is -2.68. The molecule has 15 heavy (non-hydrogen) atoms. The molecule has 1 saturated carbocycles. The number of methoxy groups -OCH3 is 1. The van der Waals surface area contributed by atoms with Gasteiger partial charge in [0.05, 0.1) is 18.6 Å². The molecule has 0 aliphatic heterocycles. The average Bonchev–Trinajstić information content (AvgIpc) is 2.11. The lowest BCUT2D eigenvalue weighted by molar-refractivity contribution is -0.181. The first-order valence-corrected chi connectivity index (χ1v) is 4.85. The molecule has 0 aromatic carbocycles. The Morgan fingerprint density at radius 1 is 1.53 bits per heavy atom. The Hall–Kier alpha value is -0.710. The molecule has 0 bridgehead atoms. The standard InChI is InChI=1S/C10H16F2O3/c1-9(2,8(14)15-3)7(13)6-4-10(11,12)5-6/h6-7,13H,4-5H2,1-3H3. The number of alkyl halides is 2. The van der Waals surface area contributed by atoms with Gasteiger partial charge in [-0.2, -0.15) is 0 Å². The van der Waals surface area contributed by atoms with Crippen LogP contribution in [0.15, 0.2) is 0 Å². The second kappa shape index (κ2) is 3.70. The van der Waals surface area contributed by atoms with E-state index in [9.17, 15) is 18.7 Å². The third kappa shape index (κ3) is 2.27. The molecule has 1 atom stereocenters. The van der Waals surface area contributed by atoms with Crippen molar-refractivity contribution in [1.29, 1.82) is 0 Å². The molecule has 88 valence electrons. The Morgan fingerprint density at radius 2 is 2.00 bits per heavy atom. The average molecular weight is 222 g/mol. The predicted molar refractivity (Wildman–Crippen MR) is 49.5 cm³/mol. The number of hydrogen-bond acceptors (Lipinski definition) is 3. The molecule has 0 aromatic rings. The van der Waals surface area contributed by atoms with Crippen LogP contribution in [-0.2, 0) is 9.53 Å². The van der Waals surface area contributed by atoms with Gasteiger partial charge in [0.15, 0.2) is 0 Å². The highest BCUT2D eigenvalue weighted by Crippen LogP contribution is 2.47. The molecule has 1 aliphatic rings.